The fraction of sp³-hybridized carbons (Fsp3) is 0.0714. The number of carbonyl (C=O) groups is 1. The first-order valence-corrected chi connectivity index (χ1v) is 6.57. The maximum absolute atomic E-state index is 13.3. The van der Waals surface area contributed by atoms with E-state index in [-0.39, 0.29) is 27.3 Å². The molecular formula is C14H8BrClF2O. The summed E-state index contributed by atoms with van der Waals surface area (Å²) >= 11 is 8.79. The maximum atomic E-state index is 13.3. The second kappa shape index (κ2) is 5.80. The molecule has 0 aliphatic carbocycles. The van der Waals surface area contributed by atoms with Crippen LogP contribution < -0.4 is 0 Å². The van der Waals surface area contributed by atoms with Gasteiger partial charge in [-0.05, 0) is 45.8 Å². The van der Waals surface area contributed by atoms with Crippen LogP contribution in [0, 0.1) is 11.6 Å². The van der Waals surface area contributed by atoms with E-state index in [4.69, 9.17) is 11.6 Å². The molecule has 0 amide bonds. The molecule has 0 bridgehead atoms. The Morgan fingerprint density at radius 1 is 1.16 bits per heavy atom. The minimum absolute atomic E-state index is 0.0298. The molecule has 2 aromatic rings. The lowest BCUT2D eigenvalue weighted by atomic mass is 10.0. The van der Waals surface area contributed by atoms with E-state index in [9.17, 15) is 13.6 Å². The Hall–Kier alpha value is -1.26. The van der Waals surface area contributed by atoms with Gasteiger partial charge in [0.25, 0.3) is 0 Å². The molecule has 19 heavy (non-hydrogen) atoms. The highest BCUT2D eigenvalue weighted by atomic mass is 79.9. The summed E-state index contributed by atoms with van der Waals surface area (Å²) < 4.78 is 26.6. The van der Waals surface area contributed by atoms with Crippen LogP contribution in [0.5, 0.6) is 0 Å². The van der Waals surface area contributed by atoms with Gasteiger partial charge < -0.3 is 0 Å². The van der Waals surface area contributed by atoms with E-state index in [1.165, 1.54) is 36.4 Å². The van der Waals surface area contributed by atoms with Crippen molar-refractivity contribution in [3.05, 3.63) is 68.7 Å². The molecule has 0 saturated heterocycles. The van der Waals surface area contributed by atoms with Crippen LogP contribution >= 0.6 is 27.5 Å². The molecule has 0 aromatic heterocycles. The Morgan fingerprint density at radius 2 is 1.89 bits per heavy atom. The van der Waals surface area contributed by atoms with Gasteiger partial charge in [-0.1, -0.05) is 23.7 Å². The Balaban J connectivity index is 2.26. The Morgan fingerprint density at radius 3 is 2.58 bits per heavy atom. The Labute approximate surface area is 122 Å². The predicted octanol–water partition coefficient (Wildman–Crippen LogP) is 4.81. The summed E-state index contributed by atoms with van der Waals surface area (Å²) in [6, 6.07) is 8.36. The number of rotatable bonds is 3. The zero-order valence-corrected chi connectivity index (χ0v) is 11.9. The fourth-order valence-electron chi connectivity index (χ4n) is 1.65. The highest BCUT2D eigenvalue weighted by Gasteiger charge is 2.14. The summed E-state index contributed by atoms with van der Waals surface area (Å²) in [6.07, 6.45) is 0.0298. The van der Waals surface area contributed by atoms with Crippen LogP contribution in [0.25, 0.3) is 0 Å². The van der Waals surface area contributed by atoms with Crippen LogP contribution in [-0.4, -0.2) is 5.78 Å². The quantitative estimate of drug-likeness (QED) is 0.730. The van der Waals surface area contributed by atoms with E-state index in [1.807, 2.05) is 0 Å². The summed E-state index contributed by atoms with van der Waals surface area (Å²) in [4.78, 5) is 12.0. The van der Waals surface area contributed by atoms with Crippen molar-refractivity contribution in [2.75, 3.05) is 0 Å². The molecular weight excluding hydrogens is 338 g/mol. The summed E-state index contributed by atoms with van der Waals surface area (Å²) in [5.41, 5.74) is 0.751. The van der Waals surface area contributed by atoms with Crippen molar-refractivity contribution in [2.45, 2.75) is 6.42 Å². The number of halogens is 4. The molecule has 0 N–H and O–H groups in total. The van der Waals surface area contributed by atoms with Gasteiger partial charge >= 0.3 is 0 Å². The summed E-state index contributed by atoms with van der Waals surface area (Å²) in [6.45, 7) is 0. The molecule has 1 nitrogen and oxygen atoms in total. The van der Waals surface area contributed by atoms with Crippen LogP contribution in [0.4, 0.5) is 8.78 Å². The third-order valence-corrected chi connectivity index (χ3v) is 3.59. The molecule has 0 radical (unpaired) electrons. The summed E-state index contributed by atoms with van der Waals surface area (Å²) in [5.74, 6) is -1.35. The van der Waals surface area contributed by atoms with E-state index >= 15 is 0 Å². The average molecular weight is 346 g/mol. The smallest absolute Gasteiger partial charge is 0.168 e. The SMILES string of the molecule is O=C(Cc1ccc(F)c(Br)c1)c1cccc(F)c1Cl. The fourth-order valence-corrected chi connectivity index (χ4v) is 2.31. The first-order chi connectivity index (χ1) is 8.99. The van der Waals surface area contributed by atoms with Crippen molar-refractivity contribution in [1.29, 1.82) is 0 Å². The molecule has 0 unspecified atom stereocenters. The van der Waals surface area contributed by atoms with E-state index in [0.717, 1.165) is 0 Å². The zero-order chi connectivity index (χ0) is 14.0. The third kappa shape index (κ3) is 3.19. The lowest BCUT2D eigenvalue weighted by molar-refractivity contribution is 0.0992. The van der Waals surface area contributed by atoms with E-state index in [2.05, 4.69) is 15.9 Å². The molecule has 0 aliphatic rings. The molecule has 5 heteroatoms. The normalized spacial score (nSPS) is 10.5. The van der Waals surface area contributed by atoms with Gasteiger partial charge in [0.05, 0.1) is 9.50 Å². The molecule has 0 fully saturated rings. The molecule has 98 valence electrons. The maximum Gasteiger partial charge on any atom is 0.168 e. The summed E-state index contributed by atoms with van der Waals surface area (Å²) in [5, 5.41) is -0.186. The first-order valence-electron chi connectivity index (χ1n) is 5.40. The average Bonchev–Trinajstić information content (AvgIpc) is 2.37. The van der Waals surface area contributed by atoms with E-state index in [0.29, 0.717) is 5.56 Å². The van der Waals surface area contributed by atoms with E-state index < -0.39 is 11.6 Å². The zero-order valence-electron chi connectivity index (χ0n) is 9.59. The van der Waals surface area contributed by atoms with Gasteiger partial charge in [-0.15, -0.1) is 0 Å². The van der Waals surface area contributed by atoms with Gasteiger partial charge in [0.15, 0.2) is 5.78 Å². The minimum Gasteiger partial charge on any atom is -0.294 e. The number of hydrogen-bond donors (Lipinski definition) is 0. The van der Waals surface area contributed by atoms with E-state index in [1.54, 1.807) is 0 Å². The molecule has 0 saturated carbocycles. The topological polar surface area (TPSA) is 17.1 Å². The lowest BCUT2D eigenvalue weighted by Crippen LogP contribution is -2.05. The Bertz CT molecular complexity index is 643. The van der Waals surface area contributed by atoms with Crippen molar-refractivity contribution in [3.63, 3.8) is 0 Å². The van der Waals surface area contributed by atoms with Gasteiger partial charge in [-0.3, -0.25) is 4.79 Å². The van der Waals surface area contributed by atoms with Crippen LogP contribution in [0.3, 0.4) is 0 Å². The van der Waals surface area contributed by atoms with Crippen LogP contribution in [0.1, 0.15) is 15.9 Å². The van der Waals surface area contributed by atoms with Crippen molar-refractivity contribution in [2.24, 2.45) is 0 Å². The van der Waals surface area contributed by atoms with Crippen molar-refractivity contribution >= 4 is 33.3 Å². The van der Waals surface area contributed by atoms with Gasteiger partial charge in [-0.2, -0.15) is 0 Å². The Kier molecular flexibility index (Phi) is 4.32. The molecule has 0 spiro atoms. The van der Waals surface area contributed by atoms with Crippen molar-refractivity contribution in [1.82, 2.24) is 0 Å². The monoisotopic (exact) mass is 344 g/mol. The molecule has 0 heterocycles. The standard InChI is InChI=1S/C14H8BrClF2O/c15-10-6-8(4-5-11(10)17)7-13(19)9-2-1-3-12(18)14(9)16/h1-6H,7H2. The van der Waals surface area contributed by atoms with Gasteiger partial charge in [0, 0.05) is 12.0 Å². The summed E-state index contributed by atoms with van der Waals surface area (Å²) in [7, 11) is 0. The van der Waals surface area contributed by atoms with Crippen LogP contribution in [0.2, 0.25) is 5.02 Å². The third-order valence-electron chi connectivity index (χ3n) is 2.60. The highest BCUT2D eigenvalue weighted by molar-refractivity contribution is 9.10. The van der Waals surface area contributed by atoms with Crippen molar-refractivity contribution < 1.29 is 13.6 Å². The number of benzene rings is 2. The number of hydrogen-bond acceptors (Lipinski definition) is 1. The van der Waals surface area contributed by atoms with Gasteiger partial charge in [0.1, 0.15) is 11.6 Å². The van der Waals surface area contributed by atoms with Crippen LogP contribution in [-0.2, 0) is 6.42 Å². The second-order valence-corrected chi connectivity index (χ2v) is 5.18. The second-order valence-electron chi connectivity index (χ2n) is 3.95. The number of ketones is 1. The molecule has 2 aromatic carbocycles. The molecule has 0 aliphatic heterocycles. The lowest BCUT2D eigenvalue weighted by Gasteiger charge is -2.05. The van der Waals surface area contributed by atoms with Gasteiger partial charge in [-0.25, -0.2) is 8.78 Å². The van der Waals surface area contributed by atoms with Gasteiger partial charge in [0.2, 0.25) is 0 Å². The number of carbonyl (C=O) groups excluding carboxylic acids is 1. The molecule has 0 atom stereocenters. The predicted molar refractivity (Wildman–Crippen MR) is 73.5 cm³/mol. The highest BCUT2D eigenvalue weighted by Crippen LogP contribution is 2.22. The van der Waals surface area contributed by atoms with Crippen molar-refractivity contribution in [3.8, 4) is 0 Å². The largest absolute Gasteiger partial charge is 0.294 e. The first kappa shape index (κ1) is 14.2. The number of Topliss-reactive ketones (excluding diaryl/α,β-unsaturated/α-hetero) is 1. The minimum atomic E-state index is -0.632. The van der Waals surface area contributed by atoms with Crippen LogP contribution in [0.15, 0.2) is 40.9 Å². The molecule has 2 rings (SSSR count).